The number of anilines is 3. The minimum absolute atomic E-state index is 0.0775. The zero-order chi connectivity index (χ0) is 21.7. The van der Waals surface area contributed by atoms with Gasteiger partial charge in [0.15, 0.2) is 0 Å². The van der Waals surface area contributed by atoms with E-state index in [-0.39, 0.29) is 10.8 Å². The molecule has 0 aliphatic rings. The number of nitrogens with one attached hydrogen (secondary N) is 3. The number of hydrogen-bond donors (Lipinski definition) is 3. The van der Waals surface area contributed by atoms with Crippen LogP contribution in [0.3, 0.4) is 0 Å². The summed E-state index contributed by atoms with van der Waals surface area (Å²) in [5.41, 5.74) is 2.67. The van der Waals surface area contributed by atoms with Crippen molar-refractivity contribution in [2.24, 2.45) is 0 Å². The second kappa shape index (κ2) is 9.19. The van der Waals surface area contributed by atoms with E-state index in [1.165, 1.54) is 12.1 Å². The van der Waals surface area contributed by atoms with Gasteiger partial charge in [-0.25, -0.2) is 8.42 Å². The van der Waals surface area contributed by atoms with Crippen molar-refractivity contribution >= 4 is 44.6 Å². The molecule has 0 radical (unpaired) electrons. The van der Waals surface area contributed by atoms with E-state index in [4.69, 9.17) is 11.6 Å². The molecule has 1 atom stereocenters. The monoisotopic (exact) mass is 443 g/mol. The SMILES string of the molecule is Cc1cccc(NC(=O)[C@H](C)Nc2cccc(S(=O)(=O)Nc3ccc(Cl)cc3)c2)c1. The number of carbonyl (C=O) groups is 1. The van der Waals surface area contributed by atoms with Gasteiger partial charge in [0, 0.05) is 22.1 Å². The van der Waals surface area contributed by atoms with Crippen LogP contribution in [0.25, 0.3) is 0 Å². The van der Waals surface area contributed by atoms with Crippen molar-refractivity contribution < 1.29 is 13.2 Å². The van der Waals surface area contributed by atoms with Crippen LogP contribution in [0.4, 0.5) is 17.1 Å². The molecule has 0 saturated carbocycles. The number of amides is 1. The van der Waals surface area contributed by atoms with E-state index in [2.05, 4.69) is 15.4 Å². The van der Waals surface area contributed by atoms with Crippen molar-refractivity contribution in [3.05, 3.63) is 83.4 Å². The molecule has 30 heavy (non-hydrogen) atoms. The first-order valence-electron chi connectivity index (χ1n) is 9.25. The van der Waals surface area contributed by atoms with Gasteiger partial charge in [-0.1, -0.05) is 29.8 Å². The van der Waals surface area contributed by atoms with Crippen molar-refractivity contribution in [3.63, 3.8) is 0 Å². The molecule has 8 heteroatoms. The summed E-state index contributed by atoms with van der Waals surface area (Å²) in [6.07, 6.45) is 0. The quantitative estimate of drug-likeness (QED) is 0.485. The fourth-order valence-electron chi connectivity index (χ4n) is 2.77. The second-order valence-electron chi connectivity index (χ2n) is 6.86. The molecule has 0 unspecified atom stereocenters. The van der Waals surface area contributed by atoms with Gasteiger partial charge in [0.2, 0.25) is 5.91 Å². The highest BCUT2D eigenvalue weighted by Crippen LogP contribution is 2.21. The van der Waals surface area contributed by atoms with Gasteiger partial charge in [0.05, 0.1) is 4.90 Å². The number of benzene rings is 3. The number of rotatable bonds is 7. The van der Waals surface area contributed by atoms with Crippen LogP contribution < -0.4 is 15.4 Å². The third-order valence-corrected chi connectivity index (χ3v) is 5.93. The molecular weight excluding hydrogens is 422 g/mol. The Morgan fingerprint density at radius 1 is 0.900 bits per heavy atom. The third-order valence-electron chi connectivity index (χ3n) is 4.30. The van der Waals surface area contributed by atoms with E-state index in [1.54, 1.807) is 43.3 Å². The molecule has 0 aliphatic carbocycles. The summed E-state index contributed by atoms with van der Waals surface area (Å²) >= 11 is 5.84. The predicted octanol–water partition coefficient (Wildman–Crippen LogP) is 4.89. The largest absolute Gasteiger partial charge is 0.374 e. The van der Waals surface area contributed by atoms with Crippen LogP contribution in [0.5, 0.6) is 0 Å². The molecule has 3 N–H and O–H groups in total. The number of carbonyl (C=O) groups excluding carboxylic acids is 1. The fourth-order valence-corrected chi connectivity index (χ4v) is 4.00. The van der Waals surface area contributed by atoms with E-state index in [1.807, 2.05) is 31.2 Å². The maximum absolute atomic E-state index is 12.7. The molecule has 0 spiro atoms. The molecule has 6 nitrogen and oxygen atoms in total. The fraction of sp³-hybridized carbons (Fsp3) is 0.136. The van der Waals surface area contributed by atoms with E-state index >= 15 is 0 Å². The van der Waals surface area contributed by atoms with E-state index < -0.39 is 16.1 Å². The molecule has 0 aromatic heterocycles. The molecule has 0 bridgehead atoms. The zero-order valence-electron chi connectivity index (χ0n) is 16.5. The van der Waals surface area contributed by atoms with Crippen molar-refractivity contribution in [1.82, 2.24) is 0 Å². The van der Waals surface area contributed by atoms with Crippen LogP contribution >= 0.6 is 11.6 Å². The predicted molar refractivity (Wildman–Crippen MR) is 122 cm³/mol. The Balaban J connectivity index is 1.69. The van der Waals surface area contributed by atoms with Crippen LogP contribution in [0.2, 0.25) is 5.02 Å². The maximum Gasteiger partial charge on any atom is 0.261 e. The highest BCUT2D eigenvalue weighted by molar-refractivity contribution is 7.92. The standard InChI is InChI=1S/C22H22ClN3O3S/c1-15-5-3-6-19(13-15)25-22(27)16(2)24-20-7-4-8-21(14-20)30(28,29)26-18-11-9-17(23)10-12-18/h3-14,16,24,26H,1-2H3,(H,25,27)/t16-/m0/s1. The van der Waals surface area contributed by atoms with Gasteiger partial charge in [0.25, 0.3) is 10.0 Å². The Hall–Kier alpha value is -3.03. The van der Waals surface area contributed by atoms with Crippen LogP contribution in [-0.2, 0) is 14.8 Å². The molecule has 0 aliphatic heterocycles. The van der Waals surface area contributed by atoms with Crippen LogP contribution in [-0.4, -0.2) is 20.4 Å². The minimum atomic E-state index is -3.79. The maximum atomic E-state index is 12.7. The van der Waals surface area contributed by atoms with Crippen LogP contribution in [0.1, 0.15) is 12.5 Å². The Labute approximate surface area is 181 Å². The van der Waals surface area contributed by atoms with Crippen molar-refractivity contribution in [1.29, 1.82) is 0 Å². The number of halogens is 1. The van der Waals surface area contributed by atoms with Crippen LogP contribution in [0.15, 0.2) is 77.7 Å². The summed E-state index contributed by atoms with van der Waals surface area (Å²) in [6.45, 7) is 3.65. The van der Waals surface area contributed by atoms with Crippen molar-refractivity contribution in [3.8, 4) is 0 Å². The van der Waals surface area contributed by atoms with E-state index in [0.29, 0.717) is 22.1 Å². The molecule has 3 rings (SSSR count). The average molecular weight is 444 g/mol. The Morgan fingerprint density at radius 2 is 1.57 bits per heavy atom. The summed E-state index contributed by atoms with van der Waals surface area (Å²) in [6, 6.07) is 19.6. The molecule has 1 amide bonds. The van der Waals surface area contributed by atoms with Gasteiger partial charge in [-0.3, -0.25) is 9.52 Å². The van der Waals surface area contributed by atoms with Gasteiger partial charge in [0.1, 0.15) is 6.04 Å². The highest BCUT2D eigenvalue weighted by atomic mass is 35.5. The van der Waals surface area contributed by atoms with Gasteiger partial charge < -0.3 is 10.6 Å². The number of hydrogen-bond acceptors (Lipinski definition) is 4. The molecular formula is C22H22ClN3O3S. The topological polar surface area (TPSA) is 87.3 Å². The summed E-state index contributed by atoms with van der Waals surface area (Å²) in [7, 11) is -3.79. The summed E-state index contributed by atoms with van der Waals surface area (Å²) in [5, 5.41) is 6.40. The lowest BCUT2D eigenvalue weighted by Crippen LogP contribution is -2.31. The Bertz CT molecular complexity index is 1150. The smallest absolute Gasteiger partial charge is 0.261 e. The molecule has 156 valence electrons. The van der Waals surface area contributed by atoms with E-state index in [9.17, 15) is 13.2 Å². The summed E-state index contributed by atoms with van der Waals surface area (Å²) in [4.78, 5) is 12.5. The minimum Gasteiger partial charge on any atom is -0.374 e. The number of aryl methyl sites for hydroxylation is 1. The Kier molecular flexibility index (Phi) is 6.64. The number of sulfonamides is 1. The molecule has 0 fully saturated rings. The molecule has 0 saturated heterocycles. The zero-order valence-corrected chi connectivity index (χ0v) is 18.1. The summed E-state index contributed by atoms with van der Waals surface area (Å²) < 4.78 is 27.9. The second-order valence-corrected chi connectivity index (χ2v) is 8.98. The lowest BCUT2D eigenvalue weighted by Gasteiger charge is -2.16. The van der Waals surface area contributed by atoms with E-state index in [0.717, 1.165) is 5.56 Å². The van der Waals surface area contributed by atoms with Crippen LogP contribution in [0, 0.1) is 6.92 Å². The van der Waals surface area contributed by atoms with Crippen molar-refractivity contribution in [2.45, 2.75) is 24.8 Å². The third kappa shape index (κ3) is 5.75. The summed E-state index contributed by atoms with van der Waals surface area (Å²) in [5.74, 6) is -0.229. The Morgan fingerprint density at radius 3 is 2.27 bits per heavy atom. The molecule has 3 aromatic rings. The molecule has 0 heterocycles. The molecule has 3 aromatic carbocycles. The average Bonchev–Trinajstić information content (AvgIpc) is 2.70. The van der Waals surface area contributed by atoms with Crippen molar-refractivity contribution in [2.75, 3.05) is 15.4 Å². The lowest BCUT2D eigenvalue weighted by molar-refractivity contribution is -0.116. The highest BCUT2D eigenvalue weighted by Gasteiger charge is 2.17. The van der Waals surface area contributed by atoms with Gasteiger partial charge >= 0.3 is 0 Å². The van der Waals surface area contributed by atoms with Gasteiger partial charge in [-0.05, 0) is 74.0 Å². The first-order chi connectivity index (χ1) is 14.2. The van der Waals surface area contributed by atoms with Gasteiger partial charge in [-0.15, -0.1) is 0 Å². The first kappa shape index (κ1) is 21.7. The lowest BCUT2D eigenvalue weighted by atomic mass is 10.2. The van der Waals surface area contributed by atoms with Gasteiger partial charge in [-0.2, -0.15) is 0 Å². The first-order valence-corrected chi connectivity index (χ1v) is 11.1. The normalized spacial score (nSPS) is 12.1.